The quantitative estimate of drug-likeness (QED) is 0.175. The first-order valence-corrected chi connectivity index (χ1v) is 16.2. The number of ether oxygens (including phenoxy) is 4. The van der Waals surface area contributed by atoms with Gasteiger partial charge in [0.25, 0.3) is 0 Å². The molecule has 1 fully saturated rings. The maximum Gasteiger partial charge on any atom is 0.303 e. The predicted molar refractivity (Wildman–Crippen MR) is 169 cm³/mol. The summed E-state index contributed by atoms with van der Waals surface area (Å²) in [6.07, 6.45) is 5.74. The lowest BCUT2D eigenvalue weighted by atomic mass is 9.82. The van der Waals surface area contributed by atoms with E-state index in [1.807, 2.05) is 29.2 Å². The zero-order valence-electron chi connectivity index (χ0n) is 25.7. The lowest BCUT2D eigenvalue weighted by molar-refractivity contribution is -0.137. The summed E-state index contributed by atoms with van der Waals surface area (Å²) in [4.78, 5) is 31.4. The van der Waals surface area contributed by atoms with Crippen molar-refractivity contribution < 1.29 is 33.6 Å². The molecule has 1 aromatic heterocycles. The average molecular weight is 632 g/mol. The summed E-state index contributed by atoms with van der Waals surface area (Å²) < 4.78 is 22.2. The van der Waals surface area contributed by atoms with E-state index < -0.39 is 5.97 Å². The second-order valence-corrected chi connectivity index (χ2v) is 11.7. The van der Waals surface area contributed by atoms with Crippen molar-refractivity contribution in [3.8, 4) is 11.5 Å². The Morgan fingerprint density at radius 3 is 2.59 bits per heavy atom. The number of aromatic nitrogens is 1. The number of fused-ring (bicyclic) bond motifs is 1. The van der Waals surface area contributed by atoms with E-state index in [2.05, 4.69) is 11.4 Å². The van der Waals surface area contributed by atoms with Gasteiger partial charge in [0.15, 0.2) is 11.5 Å². The van der Waals surface area contributed by atoms with Crippen LogP contribution >= 0.6 is 11.6 Å². The van der Waals surface area contributed by atoms with Gasteiger partial charge in [-0.3, -0.25) is 9.59 Å². The summed E-state index contributed by atoms with van der Waals surface area (Å²) in [5.41, 5.74) is 3.11. The van der Waals surface area contributed by atoms with E-state index in [9.17, 15) is 14.7 Å². The highest BCUT2D eigenvalue weighted by Gasteiger charge is 2.27. The van der Waals surface area contributed by atoms with Gasteiger partial charge in [-0.05, 0) is 79.7 Å². The highest BCUT2D eigenvalue weighted by molar-refractivity contribution is 6.17. The van der Waals surface area contributed by atoms with E-state index in [0.29, 0.717) is 82.3 Å². The fourth-order valence-corrected chi connectivity index (χ4v) is 6.02. The van der Waals surface area contributed by atoms with Gasteiger partial charge in [0.2, 0.25) is 5.91 Å². The minimum absolute atomic E-state index is 0.0325. The maximum absolute atomic E-state index is 13.0. The third-order valence-electron chi connectivity index (χ3n) is 8.29. The summed E-state index contributed by atoms with van der Waals surface area (Å²) in [6.45, 7) is 4.53. The van der Waals surface area contributed by atoms with Crippen molar-refractivity contribution in [2.24, 2.45) is 5.92 Å². The number of aryl methyl sites for hydroxylation is 2. The van der Waals surface area contributed by atoms with Crippen LogP contribution in [0.25, 0.3) is 0 Å². The molecule has 3 heterocycles. The number of nitrogens with zero attached hydrogens (tertiary/aromatic N) is 2. The number of pyridine rings is 1. The minimum atomic E-state index is -0.833. The molecule has 2 aromatic rings. The van der Waals surface area contributed by atoms with E-state index in [1.54, 1.807) is 7.11 Å². The molecule has 10 nitrogen and oxygen atoms in total. The van der Waals surface area contributed by atoms with E-state index in [0.717, 1.165) is 55.7 Å². The number of carbonyl (C=O) groups excluding carboxylic acids is 1. The summed E-state index contributed by atoms with van der Waals surface area (Å²) in [5.74, 6) is 2.06. The molecule has 1 aromatic carbocycles. The van der Waals surface area contributed by atoms with Crippen LogP contribution in [0.2, 0.25) is 0 Å². The molecule has 11 heteroatoms. The Morgan fingerprint density at radius 1 is 1.07 bits per heavy atom. The number of likely N-dealkylation sites (tertiary alicyclic amines) is 1. The van der Waals surface area contributed by atoms with Crippen LogP contribution in [0.15, 0.2) is 30.3 Å². The van der Waals surface area contributed by atoms with Crippen LogP contribution in [0.1, 0.15) is 61.3 Å². The van der Waals surface area contributed by atoms with Crippen molar-refractivity contribution >= 4 is 29.3 Å². The average Bonchev–Trinajstić information content (AvgIpc) is 3.04. The summed E-state index contributed by atoms with van der Waals surface area (Å²) >= 11 is 5.58. The van der Waals surface area contributed by atoms with E-state index in [4.69, 9.17) is 35.5 Å². The van der Waals surface area contributed by atoms with Crippen LogP contribution in [-0.4, -0.2) is 92.5 Å². The van der Waals surface area contributed by atoms with Crippen molar-refractivity contribution in [2.75, 3.05) is 71.0 Å². The number of methoxy groups -OCH3 is 1. The molecule has 0 spiro atoms. The molecule has 2 aliphatic rings. The number of aliphatic carboxylic acids is 1. The molecule has 0 radical (unpaired) electrons. The molecule has 44 heavy (non-hydrogen) atoms. The highest BCUT2D eigenvalue weighted by atomic mass is 35.5. The number of hydrogen-bond donors (Lipinski definition) is 2. The Labute approximate surface area is 265 Å². The predicted octanol–water partition coefficient (Wildman–Crippen LogP) is 4.92. The molecule has 0 saturated carbocycles. The first-order chi connectivity index (χ1) is 21.5. The topological polar surface area (TPSA) is 119 Å². The molecule has 2 N–H and O–H groups in total. The van der Waals surface area contributed by atoms with Gasteiger partial charge in [-0.25, -0.2) is 4.98 Å². The second-order valence-electron chi connectivity index (χ2n) is 11.4. The lowest BCUT2D eigenvalue weighted by Crippen LogP contribution is -2.39. The van der Waals surface area contributed by atoms with Crippen molar-refractivity contribution in [3.63, 3.8) is 0 Å². The van der Waals surface area contributed by atoms with Crippen LogP contribution in [0.4, 0.5) is 5.82 Å². The fraction of sp³-hybridized carbons (Fsp3) is 0.606. The number of amides is 1. The van der Waals surface area contributed by atoms with Gasteiger partial charge in [0.05, 0.1) is 40.0 Å². The molecular formula is C33H46ClN3O7. The number of nitrogens with one attached hydrogen (secondary N) is 1. The molecule has 1 amide bonds. The smallest absolute Gasteiger partial charge is 0.303 e. The molecule has 0 aliphatic carbocycles. The van der Waals surface area contributed by atoms with Crippen molar-refractivity contribution in [3.05, 3.63) is 47.2 Å². The summed E-state index contributed by atoms with van der Waals surface area (Å²) in [6, 6.07) is 9.81. The molecule has 4 rings (SSSR count). The Morgan fingerprint density at radius 2 is 1.84 bits per heavy atom. The number of alkyl halides is 1. The Balaban J connectivity index is 1.24. The Hall–Kier alpha value is -3.08. The number of carbonyl (C=O) groups is 2. The van der Waals surface area contributed by atoms with Crippen LogP contribution in [-0.2, 0) is 31.9 Å². The number of halogens is 1. The van der Waals surface area contributed by atoms with Crippen LogP contribution in [0, 0.1) is 5.92 Å². The van der Waals surface area contributed by atoms with Crippen LogP contribution in [0.5, 0.6) is 11.5 Å². The standard InChI is InChI=1S/C33H46ClN3O7/c1-41-30-22-26(5-8-29(30)44-20-19-43-18-17-42-16-12-34)27(23-32(39)40)21-24-10-14-37(15-11-24)31(38)9-7-28-6-4-25-3-2-13-35-33(25)36-28/h4-6,8,22,24,27H,2-3,7,9-21,23H2,1H3,(H,35,36)(H,39,40). The van der Waals surface area contributed by atoms with E-state index in [-0.39, 0.29) is 18.2 Å². The van der Waals surface area contributed by atoms with Crippen LogP contribution in [0.3, 0.4) is 0 Å². The number of rotatable bonds is 18. The third kappa shape index (κ3) is 10.5. The molecular weight excluding hydrogens is 586 g/mol. The number of piperidine rings is 1. The van der Waals surface area contributed by atoms with Gasteiger partial charge in [0, 0.05) is 37.6 Å². The summed E-state index contributed by atoms with van der Waals surface area (Å²) in [5, 5.41) is 13.0. The monoisotopic (exact) mass is 631 g/mol. The van der Waals surface area contributed by atoms with Gasteiger partial charge in [-0.1, -0.05) is 12.1 Å². The molecule has 0 bridgehead atoms. The van der Waals surface area contributed by atoms with E-state index >= 15 is 0 Å². The highest BCUT2D eigenvalue weighted by Crippen LogP contribution is 2.37. The normalized spacial score (nSPS) is 15.7. The molecule has 1 unspecified atom stereocenters. The number of carboxylic acid groups (broad SMARTS) is 1. The number of anilines is 1. The Kier molecular flexibility index (Phi) is 13.8. The van der Waals surface area contributed by atoms with Gasteiger partial charge in [-0.2, -0.15) is 0 Å². The largest absolute Gasteiger partial charge is 0.493 e. The second kappa shape index (κ2) is 18.0. The van der Waals surface area contributed by atoms with Crippen molar-refractivity contribution in [1.29, 1.82) is 0 Å². The van der Waals surface area contributed by atoms with Crippen molar-refractivity contribution in [2.45, 2.75) is 57.3 Å². The zero-order chi connectivity index (χ0) is 31.1. The third-order valence-corrected chi connectivity index (χ3v) is 8.45. The first kappa shape index (κ1) is 33.8. The molecule has 1 atom stereocenters. The van der Waals surface area contributed by atoms with Gasteiger partial charge >= 0.3 is 5.97 Å². The first-order valence-electron chi connectivity index (χ1n) is 15.7. The molecule has 242 valence electrons. The molecule has 2 aliphatic heterocycles. The molecule has 1 saturated heterocycles. The van der Waals surface area contributed by atoms with Crippen LogP contribution < -0.4 is 14.8 Å². The SMILES string of the molecule is COc1cc(C(CC(=O)O)CC2CCN(C(=O)CCc3ccc4c(n3)NCCC4)CC2)ccc1OCCOCCOCCCl. The van der Waals surface area contributed by atoms with Gasteiger partial charge < -0.3 is 34.3 Å². The van der Waals surface area contributed by atoms with Gasteiger partial charge in [0.1, 0.15) is 12.4 Å². The maximum atomic E-state index is 13.0. The number of hydrogen-bond acceptors (Lipinski definition) is 8. The summed E-state index contributed by atoms with van der Waals surface area (Å²) in [7, 11) is 1.58. The number of carboxylic acids is 1. The number of benzene rings is 1. The zero-order valence-corrected chi connectivity index (χ0v) is 26.5. The van der Waals surface area contributed by atoms with Gasteiger partial charge in [-0.15, -0.1) is 11.6 Å². The van der Waals surface area contributed by atoms with Crippen molar-refractivity contribution in [1.82, 2.24) is 9.88 Å². The minimum Gasteiger partial charge on any atom is -0.493 e. The lowest BCUT2D eigenvalue weighted by Gasteiger charge is -2.34. The fourth-order valence-electron chi connectivity index (χ4n) is 5.91. The van der Waals surface area contributed by atoms with E-state index in [1.165, 1.54) is 5.56 Å². The Bertz CT molecular complexity index is 1210.